The van der Waals surface area contributed by atoms with E-state index in [9.17, 15) is 9.90 Å². The molecule has 0 unspecified atom stereocenters. The number of nitrogens with one attached hydrogen (secondary N) is 1. The van der Waals surface area contributed by atoms with Crippen molar-refractivity contribution in [1.82, 2.24) is 15.1 Å². The Bertz CT molecular complexity index is 815. The Morgan fingerprint density at radius 3 is 3.00 bits per heavy atom. The van der Waals surface area contributed by atoms with Crippen LogP contribution in [0.1, 0.15) is 53.5 Å². The molecule has 126 valence electrons. The highest BCUT2D eigenvalue weighted by Crippen LogP contribution is 2.23. The molecule has 6 nitrogen and oxygen atoms in total. The summed E-state index contributed by atoms with van der Waals surface area (Å²) in [4.78, 5) is 14.1. The number of fused-ring (bicyclic) bond motifs is 1. The average Bonchev–Trinajstić information content (AvgIpc) is 3.21. The Kier molecular flexibility index (Phi) is 4.20. The highest BCUT2D eigenvalue weighted by Gasteiger charge is 2.22. The summed E-state index contributed by atoms with van der Waals surface area (Å²) in [6.07, 6.45) is 3.18. The number of carbonyl (C=O) groups is 1. The van der Waals surface area contributed by atoms with Crippen LogP contribution in [-0.4, -0.2) is 38.8 Å². The average molecular weight is 327 g/mol. The van der Waals surface area contributed by atoms with Crippen molar-refractivity contribution in [3.63, 3.8) is 0 Å². The second-order valence-corrected chi connectivity index (χ2v) is 6.62. The third-order valence-corrected chi connectivity index (χ3v) is 3.93. The number of carbonyl (C=O) groups excluding carboxylic acids is 1. The van der Waals surface area contributed by atoms with Crippen LogP contribution in [0.2, 0.25) is 0 Å². The summed E-state index contributed by atoms with van der Waals surface area (Å²) in [6.45, 7) is 3.62. The molecule has 0 bridgehead atoms. The first-order valence-electron chi connectivity index (χ1n) is 7.99. The molecule has 24 heavy (non-hydrogen) atoms. The van der Waals surface area contributed by atoms with E-state index in [4.69, 9.17) is 4.42 Å². The van der Waals surface area contributed by atoms with Gasteiger partial charge >= 0.3 is 0 Å². The van der Waals surface area contributed by atoms with Crippen LogP contribution in [0, 0.1) is 11.8 Å². The summed E-state index contributed by atoms with van der Waals surface area (Å²) in [5, 5.41) is 17.0. The van der Waals surface area contributed by atoms with Gasteiger partial charge in [0.05, 0.1) is 12.2 Å². The Hall–Kier alpha value is -2.52. The maximum atomic E-state index is 12.5. The van der Waals surface area contributed by atoms with Crippen LogP contribution in [0.4, 0.5) is 0 Å². The molecule has 0 atom stereocenters. The number of nitrogens with zero attached hydrogens (tertiary/aromatic N) is 2. The van der Waals surface area contributed by atoms with Crippen molar-refractivity contribution in [3.8, 4) is 11.8 Å². The summed E-state index contributed by atoms with van der Waals surface area (Å²) in [6, 6.07) is 3.23. The lowest BCUT2D eigenvalue weighted by atomic mass is 10.1. The molecule has 2 N–H and O–H groups in total. The quantitative estimate of drug-likeness (QED) is 0.843. The lowest BCUT2D eigenvalue weighted by Crippen LogP contribution is -2.26. The normalized spacial score (nSPS) is 13.3. The van der Waals surface area contributed by atoms with Gasteiger partial charge in [0.2, 0.25) is 0 Å². The van der Waals surface area contributed by atoms with Gasteiger partial charge in [-0.15, -0.1) is 0 Å². The fraction of sp³-hybridized carbons (Fsp3) is 0.444. The zero-order valence-corrected chi connectivity index (χ0v) is 14.1. The first-order valence-corrected chi connectivity index (χ1v) is 7.99. The van der Waals surface area contributed by atoms with Gasteiger partial charge in [0, 0.05) is 12.7 Å². The number of aryl methyl sites for hydroxylation is 1. The molecule has 2 aromatic rings. The third-order valence-electron chi connectivity index (χ3n) is 3.93. The Morgan fingerprint density at radius 2 is 2.25 bits per heavy atom. The molecule has 2 aromatic heterocycles. The SMILES string of the molecule is CN(Cc1n[nH]c2c1CCC2)C(=O)c1ccc(C#CC(C)(C)O)o1. The van der Waals surface area contributed by atoms with Crippen molar-refractivity contribution in [2.45, 2.75) is 45.3 Å². The van der Waals surface area contributed by atoms with Crippen molar-refractivity contribution >= 4 is 5.91 Å². The van der Waals surface area contributed by atoms with Gasteiger partial charge in [-0.2, -0.15) is 5.10 Å². The summed E-state index contributed by atoms with van der Waals surface area (Å²) in [5.74, 6) is 5.74. The molecule has 1 amide bonds. The molecule has 1 aliphatic carbocycles. The molecular formula is C18H21N3O3. The van der Waals surface area contributed by atoms with Crippen molar-refractivity contribution in [2.24, 2.45) is 0 Å². The van der Waals surface area contributed by atoms with Crippen molar-refractivity contribution < 1.29 is 14.3 Å². The molecule has 0 saturated carbocycles. The minimum Gasteiger partial charge on any atom is -0.443 e. The first kappa shape index (κ1) is 16.3. The summed E-state index contributed by atoms with van der Waals surface area (Å²) >= 11 is 0. The van der Waals surface area contributed by atoms with Crippen LogP contribution in [0.25, 0.3) is 0 Å². The number of H-pyrrole nitrogens is 1. The van der Waals surface area contributed by atoms with Gasteiger partial charge in [0.25, 0.3) is 5.91 Å². The second kappa shape index (κ2) is 6.17. The van der Waals surface area contributed by atoms with E-state index in [1.807, 2.05) is 0 Å². The summed E-state index contributed by atoms with van der Waals surface area (Å²) in [7, 11) is 1.73. The molecule has 0 aliphatic heterocycles. The monoisotopic (exact) mass is 327 g/mol. The predicted molar refractivity (Wildman–Crippen MR) is 88.3 cm³/mol. The zero-order chi connectivity index (χ0) is 17.3. The summed E-state index contributed by atoms with van der Waals surface area (Å²) in [5.41, 5.74) is 2.25. The third kappa shape index (κ3) is 3.52. The van der Waals surface area contributed by atoms with Gasteiger partial charge in [0.1, 0.15) is 5.60 Å². The van der Waals surface area contributed by atoms with Gasteiger partial charge in [0.15, 0.2) is 11.5 Å². The van der Waals surface area contributed by atoms with E-state index >= 15 is 0 Å². The Balaban J connectivity index is 1.69. The van der Waals surface area contributed by atoms with Gasteiger partial charge < -0.3 is 14.4 Å². The van der Waals surface area contributed by atoms with Crippen LogP contribution in [0.15, 0.2) is 16.5 Å². The molecule has 0 spiro atoms. The van der Waals surface area contributed by atoms with Crippen molar-refractivity contribution in [3.05, 3.63) is 40.6 Å². The number of rotatable bonds is 3. The van der Waals surface area contributed by atoms with E-state index in [0.29, 0.717) is 12.3 Å². The second-order valence-electron chi connectivity index (χ2n) is 6.62. The topological polar surface area (TPSA) is 82.4 Å². The molecule has 0 radical (unpaired) electrons. The van der Waals surface area contributed by atoms with Crippen LogP contribution in [0.5, 0.6) is 0 Å². The molecular weight excluding hydrogens is 306 g/mol. The number of hydrogen-bond acceptors (Lipinski definition) is 4. The largest absolute Gasteiger partial charge is 0.443 e. The molecule has 0 fully saturated rings. The highest BCUT2D eigenvalue weighted by atomic mass is 16.4. The van der Waals surface area contributed by atoms with Crippen molar-refractivity contribution in [2.75, 3.05) is 7.05 Å². The summed E-state index contributed by atoms with van der Waals surface area (Å²) < 4.78 is 5.47. The highest BCUT2D eigenvalue weighted by molar-refractivity contribution is 5.91. The number of aromatic amines is 1. The van der Waals surface area contributed by atoms with E-state index in [1.165, 1.54) is 11.3 Å². The van der Waals surface area contributed by atoms with E-state index in [1.54, 1.807) is 37.9 Å². The van der Waals surface area contributed by atoms with Crippen LogP contribution in [-0.2, 0) is 19.4 Å². The van der Waals surface area contributed by atoms with Gasteiger partial charge in [-0.3, -0.25) is 9.89 Å². The molecule has 1 aliphatic rings. The lowest BCUT2D eigenvalue weighted by molar-refractivity contribution is 0.0751. The lowest BCUT2D eigenvalue weighted by Gasteiger charge is -2.14. The molecule has 0 aromatic carbocycles. The van der Waals surface area contributed by atoms with Crippen LogP contribution >= 0.6 is 0 Å². The fourth-order valence-electron chi connectivity index (χ4n) is 2.74. The minimum atomic E-state index is -1.10. The number of aliphatic hydroxyl groups is 1. The number of furan rings is 1. The van der Waals surface area contributed by atoms with Gasteiger partial charge in [-0.05, 0) is 56.7 Å². The molecule has 3 rings (SSSR count). The maximum absolute atomic E-state index is 12.5. The Labute approximate surface area is 140 Å². The minimum absolute atomic E-state index is 0.221. The van der Waals surface area contributed by atoms with Crippen molar-refractivity contribution in [1.29, 1.82) is 0 Å². The molecule has 2 heterocycles. The standard InChI is InChI=1S/C18H21N3O3/c1-18(2,23)10-9-12-7-8-16(24-12)17(22)21(3)11-15-13-5-4-6-14(13)19-20-15/h7-8,23H,4-6,11H2,1-3H3,(H,19,20). The Morgan fingerprint density at radius 1 is 1.46 bits per heavy atom. The van der Waals surface area contributed by atoms with E-state index in [2.05, 4.69) is 22.0 Å². The number of amides is 1. The first-order chi connectivity index (χ1) is 11.3. The van der Waals surface area contributed by atoms with Crippen LogP contribution in [0.3, 0.4) is 0 Å². The van der Waals surface area contributed by atoms with E-state index < -0.39 is 5.60 Å². The maximum Gasteiger partial charge on any atom is 0.289 e. The van der Waals surface area contributed by atoms with E-state index in [-0.39, 0.29) is 11.7 Å². The predicted octanol–water partition coefficient (Wildman–Crippen LogP) is 1.89. The zero-order valence-electron chi connectivity index (χ0n) is 14.1. The number of aromatic nitrogens is 2. The van der Waals surface area contributed by atoms with Crippen LogP contribution < -0.4 is 0 Å². The molecule has 6 heteroatoms. The van der Waals surface area contributed by atoms with E-state index in [0.717, 1.165) is 25.0 Å². The fourth-order valence-corrected chi connectivity index (χ4v) is 2.74. The van der Waals surface area contributed by atoms with Gasteiger partial charge in [-0.1, -0.05) is 5.92 Å². The number of hydrogen-bond donors (Lipinski definition) is 2. The molecule has 0 saturated heterocycles. The van der Waals surface area contributed by atoms with Gasteiger partial charge in [-0.25, -0.2) is 0 Å². The smallest absolute Gasteiger partial charge is 0.289 e.